The van der Waals surface area contributed by atoms with Crippen LogP contribution in [0.5, 0.6) is 0 Å². The van der Waals surface area contributed by atoms with Crippen LogP contribution >= 0.6 is 23.5 Å². The van der Waals surface area contributed by atoms with Gasteiger partial charge in [-0.25, -0.2) is 14.3 Å². The molecule has 0 saturated heterocycles. The fraction of sp³-hybridized carbons (Fsp3) is 0.520. The molecule has 2 aromatic carbocycles. The standard InChI is InChI=1S/C27H38N4O4S.C23H35N7O4S/c1-5-20(2)24(30-26(33)22-12-9-14-28-16-22)18-31(17-21-10-7-6-8-11-21)19-25(32)29-23(13-15-36-4)27(34)35-3;1-4-17(2)20(26-22(32)15-30-16-24-27-28-30)13-29(12-18-8-6-5-7-9-18)14-21(31)25-19(23(33)34)10-11-35-3/h6-12,14,16,20,23-24H,5,13,15,17-19H2,1-4H3,(H,29,32)(H,30,33);5-9,16-17,19-20H,4,10-15H2,1-3H3,(H,25,31)(H,26,32)(H,33,34). The van der Waals surface area contributed by atoms with Gasteiger partial charge in [0, 0.05) is 50.7 Å². The maximum Gasteiger partial charge on any atom is 0.328 e. The van der Waals surface area contributed by atoms with Crippen molar-refractivity contribution in [2.24, 2.45) is 11.8 Å². The fourth-order valence-electron chi connectivity index (χ4n) is 7.32. The van der Waals surface area contributed by atoms with Gasteiger partial charge < -0.3 is 31.1 Å². The molecule has 0 spiro atoms. The van der Waals surface area contributed by atoms with Crippen molar-refractivity contribution in [3.05, 3.63) is 108 Å². The summed E-state index contributed by atoms with van der Waals surface area (Å²) in [5.74, 6) is -0.865. The number of rotatable bonds is 31. The first-order chi connectivity index (χ1) is 34.2. The highest BCUT2D eigenvalue weighted by Crippen LogP contribution is 2.16. The lowest BCUT2D eigenvalue weighted by Crippen LogP contribution is -2.51. The molecule has 19 nitrogen and oxygen atoms in total. The molecule has 0 fully saturated rings. The molecule has 6 atom stereocenters. The van der Waals surface area contributed by atoms with Crippen LogP contribution in [0.15, 0.2) is 91.5 Å². The number of tetrazole rings is 1. The predicted molar refractivity (Wildman–Crippen MR) is 277 cm³/mol. The zero-order valence-electron chi connectivity index (χ0n) is 42.1. The summed E-state index contributed by atoms with van der Waals surface area (Å²) in [6, 6.07) is 21.0. The van der Waals surface area contributed by atoms with Crippen molar-refractivity contribution in [3.8, 4) is 0 Å². The summed E-state index contributed by atoms with van der Waals surface area (Å²) in [6.45, 7) is 10.2. The number of aromatic nitrogens is 5. The fourth-order valence-corrected chi connectivity index (χ4v) is 8.26. The third-order valence-electron chi connectivity index (χ3n) is 11.8. The van der Waals surface area contributed by atoms with Gasteiger partial charge in [-0.2, -0.15) is 23.5 Å². The van der Waals surface area contributed by atoms with Gasteiger partial charge in [0.1, 0.15) is 25.0 Å². The zero-order chi connectivity index (χ0) is 52.0. The summed E-state index contributed by atoms with van der Waals surface area (Å²) in [7, 11) is 1.32. The molecule has 4 rings (SSSR count). The van der Waals surface area contributed by atoms with Crippen molar-refractivity contribution in [2.45, 2.75) is 97.2 Å². The number of hydrogen-bond donors (Lipinski definition) is 5. The van der Waals surface area contributed by atoms with E-state index in [1.807, 2.05) is 96.8 Å². The van der Waals surface area contributed by atoms with E-state index in [1.165, 1.54) is 29.9 Å². The second-order valence-electron chi connectivity index (χ2n) is 17.2. The zero-order valence-corrected chi connectivity index (χ0v) is 43.7. The molecule has 4 aromatic rings. The summed E-state index contributed by atoms with van der Waals surface area (Å²) < 4.78 is 6.22. The topological polar surface area (TPSA) is 243 Å². The van der Waals surface area contributed by atoms with E-state index < -0.39 is 24.0 Å². The average molecular weight is 1020 g/mol. The van der Waals surface area contributed by atoms with E-state index >= 15 is 0 Å². The van der Waals surface area contributed by atoms with Crippen LogP contribution in [0.25, 0.3) is 0 Å². The number of amides is 4. The largest absolute Gasteiger partial charge is 0.480 e. The Morgan fingerprint density at radius 1 is 0.704 bits per heavy atom. The molecule has 4 amide bonds. The number of methoxy groups -OCH3 is 1. The van der Waals surface area contributed by atoms with E-state index in [-0.39, 0.29) is 67.2 Å². The van der Waals surface area contributed by atoms with Gasteiger partial charge in [-0.3, -0.25) is 34.0 Å². The minimum atomic E-state index is -1.05. The smallest absolute Gasteiger partial charge is 0.328 e. The van der Waals surface area contributed by atoms with E-state index in [9.17, 15) is 33.9 Å². The number of esters is 1. The molecule has 0 aliphatic heterocycles. The highest BCUT2D eigenvalue weighted by Gasteiger charge is 2.28. The first-order valence-electron chi connectivity index (χ1n) is 23.8. The number of pyridine rings is 1. The third-order valence-corrected chi connectivity index (χ3v) is 13.1. The minimum Gasteiger partial charge on any atom is -0.480 e. The summed E-state index contributed by atoms with van der Waals surface area (Å²) >= 11 is 3.14. The molecular weight excluding hydrogens is 947 g/mol. The molecule has 71 heavy (non-hydrogen) atoms. The van der Waals surface area contributed by atoms with E-state index in [0.29, 0.717) is 50.3 Å². The maximum absolute atomic E-state index is 13.0. The number of carboxylic acids is 1. The van der Waals surface area contributed by atoms with Gasteiger partial charge in [0.05, 0.1) is 25.8 Å². The molecule has 0 aliphatic carbocycles. The molecule has 2 aromatic heterocycles. The molecule has 21 heteroatoms. The summed E-state index contributed by atoms with van der Waals surface area (Å²) in [4.78, 5) is 83.1. The third kappa shape index (κ3) is 23.3. The quantitative estimate of drug-likeness (QED) is 0.0445. The van der Waals surface area contributed by atoms with Gasteiger partial charge >= 0.3 is 11.9 Å². The van der Waals surface area contributed by atoms with E-state index in [4.69, 9.17) is 4.74 Å². The van der Waals surface area contributed by atoms with Gasteiger partial charge in [-0.15, -0.1) is 5.10 Å². The molecule has 2 heterocycles. The number of benzene rings is 2. The van der Waals surface area contributed by atoms with Crippen LogP contribution in [0.1, 0.15) is 74.9 Å². The van der Waals surface area contributed by atoms with Gasteiger partial charge in [0.2, 0.25) is 17.7 Å². The number of aliphatic carboxylic acids is 1. The van der Waals surface area contributed by atoms with Crippen molar-refractivity contribution < 1.29 is 38.6 Å². The normalized spacial score (nSPS) is 13.6. The predicted octanol–water partition coefficient (Wildman–Crippen LogP) is 4.17. The lowest BCUT2D eigenvalue weighted by molar-refractivity contribution is -0.145. The molecular formula is C50H73N11O8S2. The van der Waals surface area contributed by atoms with E-state index in [1.54, 1.807) is 36.3 Å². The van der Waals surface area contributed by atoms with Crippen LogP contribution in [-0.2, 0) is 48.3 Å². The molecule has 6 unspecified atom stereocenters. The number of nitrogens with zero attached hydrogens (tertiary/aromatic N) is 7. The Morgan fingerprint density at radius 2 is 1.23 bits per heavy atom. The van der Waals surface area contributed by atoms with E-state index in [0.717, 1.165) is 29.7 Å². The molecule has 0 bridgehead atoms. The summed E-state index contributed by atoms with van der Waals surface area (Å²) in [5.41, 5.74) is 2.56. The first kappa shape index (κ1) is 59.4. The number of ether oxygens (including phenoxy) is 1. The van der Waals surface area contributed by atoms with Crippen LogP contribution < -0.4 is 21.3 Å². The van der Waals surface area contributed by atoms with Gasteiger partial charge in [-0.05, 0) is 82.4 Å². The average Bonchev–Trinajstić information content (AvgIpc) is 3.89. The van der Waals surface area contributed by atoms with Crippen LogP contribution in [0.4, 0.5) is 0 Å². The van der Waals surface area contributed by atoms with Crippen molar-refractivity contribution in [3.63, 3.8) is 0 Å². The summed E-state index contributed by atoms with van der Waals surface area (Å²) in [5, 5.41) is 32.0. The Bertz CT molecular complexity index is 2160. The monoisotopic (exact) mass is 1020 g/mol. The number of nitrogens with one attached hydrogen (secondary N) is 4. The van der Waals surface area contributed by atoms with Crippen molar-refractivity contribution in [1.29, 1.82) is 0 Å². The maximum atomic E-state index is 13.0. The van der Waals surface area contributed by atoms with Gasteiger partial charge in [-0.1, -0.05) is 101 Å². The molecule has 0 saturated carbocycles. The van der Waals surface area contributed by atoms with E-state index in [2.05, 4.69) is 55.6 Å². The Balaban J connectivity index is 0.000000375. The lowest BCUT2D eigenvalue weighted by atomic mass is 9.97. The number of hydrogen-bond acceptors (Lipinski definition) is 15. The van der Waals surface area contributed by atoms with Crippen LogP contribution in [0.2, 0.25) is 0 Å². The number of carboxylic acid groups (broad SMARTS) is 1. The lowest BCUT2D eigenvalue weighted by Gasteiger charge is -2.31. The van der Waals surface area contributed by atoms with Crippen molar-refractivity contribution in [1.82, 2.24) is 56.3 Å². The van der Waals surface area contributed by atoms with Gasteiger partial charge in [0.15, 0.2) is 0 Å². The molecule has 5 N–H and O–H groups in total. The Labute approximate surface area is 426 Å². The van der Waals surface area contributed by atoms with Crippen molar-refractivity contribution in [2.75, 3.05) is 57.3 Å². The highest BCUT2D eigenvalue weighted by molar-refractivity contribution is 7.98. The Kier molecular flexibility index (Phi) is 28.1. The highest BCUT2D eigenvalue weighted by atomic mass is 32.2. The second-order valence-corrected chi connectivity index (χ2v) is 19.2. The van der Waals surface area contributed by atoms with Crippen LogP contribution in [0, 0.1) is 11.8 Å². The molecule has 388 valence electrons. The second kappa shape index (κ2) is 33.6. The first-order valence-corrected chi connectivity index (χ1v) is 26.6. The van der Waals surface area contributed by atoms with Crippen molar-refractivity contribution >= 4 is 59.1 Å². The molecule has 0 aliphatic rings. The SMILES string of the molecule is CCC(C)C(CN(CC(=O)NC(CCSC)C(=O)O)Cc1ccccc1)NC(=O)Cn1cnnn1.CCC(C)C(CN(CC(=O)NC(CCSC)C(=O)OC)Cc1ccccc1)NC(=O)c1cccnc1. The molecule has 0 radical (unpaired) electrons. The number of thioether (sulfide) groups is 2. The summed E-state index contributed by atoms with van der Waals surface area (Å²) in [6.07, 6.45) is 10.9. The minimum absolute atomic E-state index is 0.00512. The number of carbonyl (C=O) groups excluding carboxylic acids is 5. The van der Waals surface area contributed by atoms with Crippen LogP contribution in [0.3, 0.4) is 0 Å². The Hall–Kier alpha value is -5.90. The van der Waals surface area contributed by atoms with Gasteiger partial charge in [0.25, 0.3) is 5.91 Å². The Morgan fingerprint density at radius 3 is 1.68 bits per heavy atom. The number of carbonyl (C=O) groups is 6. The van der Waals surface area contributed by atoms with Crippen LogP contribution in [-0.4, -0.2) is 157 Å².